The number of aryl methyl sites for hydroxylation is 1. The second kappa shape index (κ2) is 7.28. The Morgan fingerprint density at radius 3 is 2.58 bits per heavy atom. The third kappa shape index (κ3) is 3.74. The maximum Gasteiger partial charge on any atom is 0.311 e. The highest BCUT2D eigenvalue weighted by Crippen LogP contribution is 2.31. The van der Waals surface area contributed by atoms with Crippen molar-refractivity contribution in [2.45, 2.75) is 26.3 Å². The Balaban J connectivity index is 2.32. The fourth-order valence-electron chi connectivity index (χ4n) is 2.45. The molecule has 24 heavy (non-hydrogen) atoms. The lowest BCUT2D eigenvalue weighted by Gasteiger charge is -2.26. The second-order valence-corrected chi connectivity index (χ2v) is 6.39. The Kier molecular flexibility index (Phi) is 5.57. The molecule has 1 aromatic heterocycles. The molecule has 0 fully saturated rings. The van der Waals surface area contributed by atoms with E-state index < -0.39 is 5.97 Å². The minimum absolute atomic E-state index is 0.145. The summed E-state index contributed by atoms with van der Waals surface area (Å²) in [5, 5.41) is 9.93. The highest BCUT2D eigenvalue weighted by molar-refractivity contribution is 6.35. The Hall–Kier alpha value is -1.98. The van der Waals surface area contributed by atoms with E-state index in [1.165, 1.54) is 11.2 Å². The average molecular weight is 370 g/mol. The van der Waals surface area contributed by atoms with Gasteiger partial charge in [-0.1, -0.05) is 29.3 Å². The summed E-state index contributed by atoms with van der Waals surface area (Å²) < 4.78 is 5.23. The van der Waals surface area contributed by atoms with Crippen molar-refractivity contribution >= 4 is 35.1 Å². The van der Waals surface area contributed by atoms with Gasteiger partial charge in [-0.3, -0.25) is 9.59 Å². The molecule has 2 rings (SSSR count). The summed E-state index contributed by atoms with van der Waals surface area (Å²) in [4.78, 5) is 25.3. The molecule has 0 aliphatic heterocycles. The summed E-state index contributed by atoms with van der Waals surface area (Å²) >= 11 is 12.1. The molecule has 0 radical (unpaired) electrons. The molecule has 128 valence electrons. The van der Waals surface area contributed by atoms with E-state index in [4.69, 9.17) is 32.7 Å². The minimum Gasteiger partial charge on any atom is -0.481 e. The van der Waals surface area contributed by atoms with Gasteiger partial charge < -0.3 is 14.4 Å². The number of rotatable bonds is 5. The smallest absolute Gasteiger partial charge is 0.311 e. The van der Waals surface area contributed by atoms with Gasteiger partial charge in [-0.25, -0.2) is 0 Å². The van der Waals surface area contributed by atoms with E-state index in [0.29, 0.717) is 15.6 Å². The normalized spacial score (nSPS) is 12.0. The van der Waals surface area contributed by atoms with E-state index in [2.05, 4.69) is 0 Å². The van der Waals surface area contributed by atoms with Crippen LogP contribution in [0.3, 0.4) is 0 Å². The van der Waals surface area contributed by atoms with E-state index in [9.17, 15) is 9.59 Å². The van der Waals surface area contributed by atoms with E-state index in [0.717, 1.165) is 5.56 Å². The molecule has 1 aromatic carbocycles. The number of hydrogen-bond acceptors (Lipinski definition) is 3. The van der Waals surface area contributed by atoms with Crippen LogP contribution in [0.1, 0.15) is 40.2 Å². The van der Waals surface area contributed by atoms with Crippen LogP contribution in [0.4, 0.5) is 0 Å². The molecule has 1 amide bonds. The number of carbonyl (C=O) groups excluding carboxylic acids is 1. The minimum atomic E-state index is -1.06. The molecule has 0 saturated carbocycles. The third-order valence-corrected chi connectivity index (χ3v) is 4.45. The van der Waals surface area contributed by atoms with Crippen LogP contribution >= 0.6 is 23.2 Å². The number of hydrogen-bond donors (Lipinski definition) is 1. The Labute approximate surface area is 149 Å². The third-order valence-electron chi connectivity index (χ3n) is 3.89. The lowest BCUT2D eigenvalue weighted by Crippen LogP contribution is -2.30. The van der Waals surface area contributed by atoms with E-state index in [1.54, 1.807) is 32.2 Å². The van der Waals surface area contributed by atoms with Gasteiger partial charge in [0.2, 0.25) is 0 Å². The zero-order valence-corrected chi connectivity index (χ0v) is 15.0. The van der Waals surface area contributed by atoms with Crippen molar-refractivity contribution in [3.8, 4) is 0 Å². The highest BCUT2D eigenvalue weighted by atomic mass is 35.5. The zero-order chi connectivity index (χ0) is 18.0. The number of furan rings is 1. The monoisotopic (exact) mass is 369 g/mol. The molecule has 1 heterocycles. The highest BCUT2D eigenvalue weighted by Gasteiger charge is 2.27. The first-order chi connectivity index (χ1) is 11.2. The number of carboxylic acid groups (broad SMARTS) is 1. The van der Waals surface area contributed by atoms with Crippen LogP contribution in [-0.2, 0) is 11.2 Å². The number of benzene rings is 1. The van der Waals surface area contributed by atoms with Crippen molar-refractivity contribution in [3.05, 3.63) is 57.0 Å². The average Bonchev–Trinajstić information content (AvgIpc) is 2.85. The van der Waals surface area contributed by atoms with Crippen LogP contribution in [0.5, 0.6) is 0 Å². The number of nitrogens with zero attached hydrogens (tertiary/aromatic N) is 1. The van der Waals surface area contributed by atoms with Crippen LogP contribution in [0.25, 0.3) is 0 Å². The van der Waals surface area contributed by atoms with Crippen molar-refractivity contribution in [3.63, 3.8) is 0 Å². The molecule has 1 unspecified atom stereocenters. The van der Waals surface area contributed by atoms with Crippen molar-refractivity contribution in [2.24, 2.45) is 0 Å². The fraction of sp³-hybridized carbons (Fsp3) is 0.294. The molecule has 2 aromatic rings. The van der Waals surface area contributed by atoms with Gasteiger partial charge in [0.15, 0.2) is 0 Å². The summed E-state index contributed by atoms with van der Waals surface area (Å²) in [6.07, 6.45) is 1.04. The summed E-state index contributed by atoms with van der Waals surface area (Å²) in [6, 6.07) is 4.76. The molecule has 5 nitrogen and oxygen atoms in total. The number of carbonyl (C=O) groups is 2. The van der Waals surface area contributed by atoms with Gasteiger partial charge in [-0.15, -0.1) is 0 Å². The van der Waals surface area contributed by atoms with Gasteiger partial charge in [0.05, 0.1) is 17.9 Å². The maximum absolute atomic E-state index is 12.8. The van der Waals surface area contributed by atoms with Crippen molar-refractivity contribution in [2.75, 3.05) is 7.05 Å². The topological polar surface area (TPSA) is 70.7 Å². The van der Waals surface area contributed by atoms with Crippen LogP contribution in [0.15, 0.2) is 28.9 Å². The molecule has 0 aliphatic carbocycles. The van der Waals surface area contributed by atoms with Gasteiger partial charge >= 0.3 is 5.97 Å². The molecule has 1 atom stereocenters. The maximum atomic E-state index is 12.8. The molecule has 7 heteroatoms. The van der Waals surface area contributed by atoms with Crippen molar-refractivity contribution in [1.29, 1.82) is 0 Å². The van der Waals surface area contributed by atoms with Gasteiger partial charge in [0.1, 0.15) is 12.2 Å². The van der Waals surface area contributed by atoms with Crippen LogP contribution in [0, 0.1) is 6.92 Å². The molecule has 0 bridgehead atoms. The first kappa shape index (κ1) is 18.4. The Bertz CT molecular complexity index is 785. The SMILES string of the molecule is Cc1coc(CC(=O)O)c1C(=O)N(C)C(C)c1ccc(Cl)cc1Cl. The largest absolute Gasteiger partial charge is 0.481 e. The van der Waals surface area contributed by atoms with Gasteiger partial charge in [0.25, 0.3) is 5.91 Å². The Morgan fingerprint density at radius 2 is 2.00 bits per heavy atom. The molecule has 1 N–H and O–H groups in total. The van der Waals surface area contributed by atoms with Crippen molar-refractivity contribution < 1.29 is 19.1 Å². The number of carboxylic acids is 1. The molecule has 0 spiro atoms. The molecule has 0 aliphatic rings. The molecular weight excluding hydrogens is 353 g/mol. The van der Waals surface area contributed by atoms with Gasteiger partial charge in [0, 0.05) is 22.7 Å². The molecule has 0 saturated heterocycles. The van der Waals surface area contributed by atoms with E-state index in [1.807, 2.05) is 6.92 Å². The Morgan fingerprint density at radius 1 is 1.33 bits per heavy atom. The first-order valence-electron chi connectivity index (χ1n) is 7.23. The number of halogens is 2. The summed E-state index contributed by atoms with van der Waals surface area (Å²) in [5.41, 5.74) is 1.62. The van der Waals surface area contributed by atoms with Gasteiger partial charge in [-0.05, 0) is 31.5 Å². The standard InChI is InChI=1S/C17H17Cl2NO4/c1-9-8-24-14(7-15(21)22)16(9)17(23)20(3)10(2)12-5-4-11(18)6-13(12)19/h4-6,8,10H,7H2,1-3H3,(H,21,22). The first-order valence-corrected chi connectivity index (χ1v) is 7.98. The van der Waals surface area contributed by atoms with Crippen LogP contribution in [0.2, 0.25) is 10.0 Å². The van der Waals surface area contributed by atoms with E-state index in [-0.39, 0.29) is 29.7 Å². The van der Waals surface area contributed by atoms with E-state index >= 15 is 0 Å². The molecular formula is C17H17Cl2NO4. The second-order valence-electron chi connectivity index (χ2n) is 5.55. The summed E-state index contributed by atoms with van der Waals surface area (Å²) in [7, 11) is 1.63. The van der Waals surface area contributed by atoms with Gasteiger partial charge in [-0.2, -0.15) is 0 Å². The van der Waals surface area contributed by atoms with Crippen LogP contribution < -0.4 is 0 Å². The lowest BCUT2D eigenvalue weighted by molar-refractivity contribution is -0.136. The van der Waals surface area contributed by atoms with Crippen molar-refractivity contribution in [1.82, 2.24) is 4.90 Å². The predicted molar refractivity (Wildman–Crippen MR) is 91.8 cm³/mol. The zero-order valence-electron chi connectivity index (χ0n) is 13.5. The number of aliphatic carboxylic acids is 1. The summed E-state index contributed by atoms with van der Waals surface area (Å²) in [6.45, 7) is 3.54. The predicted octanol–water partition coefficient (Wildman–Crippen LogP) is 4.36. The quantitative estimate of drug-likeness (QED) is 0.849. The van der Waals surface area contributed by atoms with Crippen LogP contribution in [-0.4, -0.2) is 28.9 Å². The number of amides is 1. The fourth-order valence-corrected chi connectivity index (χ4v) is 3.02. The lowest BCUT2D eigenvalue weighted by atomic mass is 10.0. The summed E-state index contributed by atoms with van der Waals surface area (Å²) in [5.74, 6) is -1.24.